The molecule has 7 heteroatoms. The predicted octanol–water partition coefficient (Wildman–Crippen LogP) is 3.22. The average molecular weight is 379 g/mol. The van der Waals surface area contributed by atoms with Gasteiger partial charge in [-0.05, 0) is 43.9 Å². The number of carbonyl (C=O) groups excluding carboxylic acids is 2. The zero-order chi connectivity index (χ0) is 20.1. The highest BCUT2D eigenvalue weighted by Gasteiger charge is 2.28. The molecule has 2 aromatic rings. The SMILES string of the molecule is CCCCN(C)C(=O)c1nc(C(=O)Nc2cccc(C#N)c2)c2n1CCCC2. The van der Waals surface area contributed by atoms with Crippen LogP contribution in [0.25, 0.3) is 0 Å². The molecule has 1 N–H and O–H groups in total. The van der Waals surface area contributed by atoms with Crippen molar-refractivity contribution in [1.82, 2.24) is 14.5 Å². The van der Waals surface area contributed by atoms with Gasteiger partial charge in [-0.15, -0.1) is 0 Å². The number of nitrogens with one attached hydrogen (secondary N) is 1. The summed E-state index contributed by atoms with van der Waals surface area (Å²) in [5.74, 6) is -0.164. The molecule has 0 saturated carbocycles. The molecule has 146 valence electrons. The minimum absolute atomic E-state index is 0.151. The molecule has 0 fully saturated rings. The second-order valence-corrected chi connectivity index (χ2v) is 7.07. The van der Waals surface area contributed by atoms with Crippen molar-refractivity contribution in [3.05, 3.63) is 47.0 Å². The first-order valence-corrected chi connectivity index (χ1v) is 9.71. The van der Waals surface area contributed by atoms with Crippen molar-refractivity contribution in [2.24, 2.45) is 0 Å². The lowest BCUT2D eigenvalue weighted by molar-refractivity contribution is 0.0775. The molecule has 1 aromatic carbocycles. The van der Waals surface area contributed by atoms with Crippen LogP contribution in [0.2, 0.25) is 0 Å². The average Bonchev–Trinajstić information content (AvgIpc) is 3.11. The molecule has 1 aliphatic heterocycles. The number of anilines is 1. The van der Waals surface area contributed by atoms with Crippen LogP contribution in [0.1, 0.15) is 65.0 Å². The predicted molar refractivity (Wildman–Crippen MR) is 106 cm³/mol. The number of imidazole rings is 1. The highest BCUT2D eigenvalue weighted by Crippen LogP contribution is 2.23. The maximum Gasteiger partial charge on any atom is 0.289 e. The Morgan fingerprint density at radius 2 is 2.18 bits per heavy atom. The van der Waals surface area contributed by atoms with Gasteiger partial charge in [0.05, 0.1) is 17.3 Å². The Morgan fingerprint density at radius 1 is 1.36 bits per heavy atom. The molecule has 28 heavy (non-hydrogen) atoms. The fourth-order valence-corrected chi connectivity index (χ4v) is 3.41. The lowest BCUT2D eigenvalue weighted by atomic mass is 10.1. The van der Waals surface area contributed by atoms with E-state index in [1.54, 1.807) is 36.2 Å². The van der Waals surface area contributed by atoms with E-state index >= 15 is 0 Å². The zero-order valence-electron chi connectivity index (χ0n) is 16.4. The number of carbonyl (C=O) groups is 2. The second-order valence-electron chi connectivity index (χ2n) is 7.07. The summed E-state index contributed by atoms with van der Waals surface area (Å²) in [6.07, 6.45) is 4.59. The Hall–Kier alpha value is -3.14. The number of unbranched alkanes of at least 4 members (excludes halogenated alkanes) is 1. The van der Waals surface area contributed by atoms with E-state index in [9.17, 15) is 9.59 Å². The van der Waals surface area contributed by atoms with Gasteiger partial charge in [-0.3, -0.25) is 9.59 Å². The number of nitrogens with zero attached hydrogens (tertiary/aromatic N) is 4. The first-order valence-electron chi connectivity index (χ1n) is 9.71. The first-order chi connectivity index (χ1) is 13.5. The largest absolute Gasteiger partial charge is 0.339 e. The van der Waals surface area contributed by atoms with Crippen LogP contribution in [0, 0.1) is 11.3 Å². The van der Waals surface area contributed by atoms with Crippen molar-refractivity contribution in [3.63, 3.8) is 0 Å². The highest BCUT2D eigenvalue weighted by atomic mass is 16.2. The number of amides is 2. The summed E-state index contributed by atoms with van der Waals surface area (Å²) >= 11 is 0. The van der Waals surface area contributed by atoms with Crippen LogP contribution in [0.15, 0.2) is 24.3 Å². The summed E-state index contributed by atoms with van der Waals surface area (Å²) in [5.41, 5.74) is 2.12. The summed E-state index contributed by atoms with van der Waals surface area (Å²) < 4.78 is 1.90. The molecule has 7 nitrogen and oxygen atoms in total. The first kappa shape index (κ1) is 19.6. The number of aromatic nitrogens is 2. The summed E-state index contributed by atoms with van der Waals surface area (Å²) in [6, 6.07) is 8.80. The van der Waals surface area contributed by atoms with Crippen molar-refractivity contribution < 1.29 is 9.59 Å². The van der Waals surface area contributed by atoms with Gasteiger partial charge in [0.2, 0.25) is 0 Å². The number of nitriles is 1. The van der Waals surface area contributed by atoms with Gasteiger partial charge < -0.3 is 14.8 Å². The van der Waals surface area contributed by atoms with Gasteiger partial charge in [0.15, 0.2) is 11.5 Å². The Bertz CT molecular complexity index is 925. The topological polar surface area (TPSA) is 91.0 Å². The number of hydrogen-bond donors (Lipinski definition) is 1. The van der Waals surface area contributed by atoms with Crippen LogP contribution >= 0.6 is 0 Å². The van der Waals surface area contributed by atoms with E-state index in [0.29, 0.717) is 35.9 Å². The van der Waals surface area contributed by atoms with Crippen LogP contribution in [0.3, 0.4) is 0 Å². The Labute approximate surface area is 165 Å². The van der Waals surface area contributed by atoms with Crippen LogP contribution in [-0.4, -0.2) is 39.9 Å². The maximum atomic E-state index is 12.9. The molecule has 1 aromatic heterocycles. The van der Waals surface area contributed by atoms with Gasteiger partial charge in [-0.1, -0.05) is 19.4 Å². The number of hydrogen-bond acceptors (Lipinski definition) is 4. The molecule has 0 spiro atoms. The van der Waals surface area contributed by atoms with E-state index < -0.39 is 0 Å². The van der Waals surface area contributed by atoms with Crippen molar-refractivity contribution in [1.29, 1.82) is 5.26 Å². The monoisotopic (exact) mass is 379 g/mol. The molecule has 0 aliphatic carbocycles. The Kier molecular flexibility index (Phi) is 6.09. The summed E-state index contributed by atoms with van der Waals surface area (Å²) in [5, 5.41) is 11.8. The molecule has 2 heterocycles. The Balaban J connectivity index is 1.89. The molecular weight excluding hydrogens is 354 g/mol. The molecule has 0 unspecified atom stereocenters. The summed E-state index contributed by atoms with van der Waals surface area (Å²) in [6.45, 7) is 3.45. The van der Waals surface area contributed by atoms with Crippen LogP contribution in [0.5, 0.6) is 0 Å². The lowest BCUT2D eigenvalue weighted by Crippen LogP contribution is -2.31. The van der Waals surface area contributed by atoms with E-state index in [-0.39, 0.29) is 11.8 Å². The van der Waals surface area contributed by atoms with E-state index in [1.807, 2.05) is 4.57 Å². The van der Waals surface area contributed by atoms with Gasteiger partial charge in [-0.25, -0.2) is 4.98 Å². The molecule has 3 rings (SSSR count). The minimum Gasteiger partial charge on any atom is -0.339 e. The summed E-state index contributed by atoms with van der Waals surface area (Å²) in [7, 11) is 1.77. The molecule has 2 amide bonds. The molecule has 0 atom stereocenters. The fraction of sp³-hybridized carbons (Fsp3) is 0.429. The standard InChI is InChI=1S/C21H25N5O2/c1-3-4-11-25(2)21(28)19-24-18(17-10-5-6-12-26(17)19)20(27)23-16-9-7-8-15(13-16)14-22/h7-9,13H,3-6,10-12H2,1-2H3,(H,23,27). The second kappa shape index (κ2) is 8.70. The highest BCUT2D eigenvalue weighted by molar-refractivity contribution is 6.05. The van der Waals surface area contributed by atoms with Crippen molar-refractivity contribution in [3.8, 4) is 6.07 Å². The van der Waals surface area contributed by atoms with Gasteiger partial charge in [-0.2, -0.15) is 5.26 Å². The fourth-order valence-electron chi connectivity index (χ4n) is 3.41. The van der Waals surface area contributed by atoms with E-state index in [1.165, 1.54) is 0 Å². The van der Waals surface area contributed by atoms with E-state index in [4.69, 9.17) is 5.26 Å². The number of fused-ring (bicyclic) bond motifs is 1. The van der Waals surface area contributed by atoms with Crippen LogP contribution in [-0.2, 0) is 13.0 Å². The van der Waals surface area contributed by atoms with Gasteiger partial charge >= 0.3 is 0 Å². The molecule has 0 radical (unpaired) electrons. The van der Waals surface area contributed by atoms with Crippen molar-refractivity contribution in [2.75, 3.05) is 18.9 Å². The third-order valence-electron chi connectivity index (χ3n) is 4.97. The Morgan fingerprint density at radius 3 is 2.93 bits per heavy atom. The minimum atomic E-state index is -0.351. The number of rotatable bonds is 6. The molecule has 0 bridgehead atoms. The third-order valence-corrected chi connectivity index (χ3v) is 4.97. The maximum absolute atomic E-state index is 12.9. The number of benzene rings is 1. The summed E-state index contributed by atoms with van der Waals surface area (Å²) in [4.78, 5) is 31.9. The van der Waals surface area contributed by atoms with Gasteiger partial charge in [0.25, 0.3) is 11.8 Å². The van der Waals surface area contributed by atoms with E-state index in [2.05, 4.69) is 23.3 Å². The molecule has 0 saturated heterocycles. The molecule has 1 aliphatic rings. The zero-order valence-corrected chi connectivity index (χ0v) is 16.4. The lowest BCUT2D eigenvalue weighted by Gasteiger charge is -2.20. The van der Waals surface area contributed by atoms with E-state index in [0.717, 1.165) is 37.8 Å². The molecular formula is C21H25N5O2. The van der Waals surface area contributed by atoms with Crippen LogP contribution < -0.4 is 5.32 Å². The third kappa shape index (κ3) is 4.06. The van der Waals surface area contributed by atoms with Gasteiger partial charge in [0, 0.05) is 25.8 Å². The van der Waals surface area contributed by atoms with Crippen molar-refractivity contribution in [2.45, 2.75) is 45.6 Å². The van der Waals surface area contributed by atoms with Crippen LogP contribution in [0.4, 0.5) is 5.69 Å². The normalized spacial score (nSPS) is 12.8. The van der Waals surface area contributed by atoms with Gasteiger partial charge in [0.1, 0.15) is 0 Å². The van der Waals surface area contributed by atoms with Crippen molar-refractivity contribution >= 4 is 17.5 Å². The quantitative estimate of drug-likeness (QED) is 0.834. The smallest absolute Gasteiger partial charge is 0.289 e.